The minimum absolute atomic E-state index is 0.312. The van der Waals surface area contributed by atoms with Gasteiger partial charge in [0.1, 0.15) is 11.5 Å². The predicted molar refractivity (Wildman–Crippen MR) is 95.3 cm³/mol. The summed E-state index contributed by atoms with van der Waals surface area (Å²) in [6, 6.07) is 21.5. The molecule has 0 aliphatic carbocycles. The molecule has 0 spiro atoms. The van der Waals surface area contributed by atoms with Gasteiger partial charge in [0.25, 0.3) is 11.8 Å². The Morgan fingerprint density at radius 1 is 0.720 bits per heavy atom. The number of imide groups is 1. The molecular formula is C21H15NO3. The molecule has 4 nitrogen and oxygen atoms in total. The van der Waals surface area contributed by atoms with Crippen LogP contribution in [0.3, 0.4) is 0 Å². The van der Waals surface area contributed by atoms with Crippen molar-refractivity contribution < 1.29 is 14.3 Å². The van der Waals surface area contributed by atoms with Gasteiger partial charge >= 0.3 is 0 Å². The van der Waals surface area contributed by atoms with E-state index in [9.17, 15) is 9.59 Å². The number of carbonyl (C=O) groups excluding carboxylic acids is 2. The number of fused-ring (bicyclic) bond motifs is 1. The first-order chi connectivity index (χ1) is 12.1. The highest BCUT2D eigenvalue weighted by Crippen LogP contribution is 2.32. The number of nitrogens with zero attached hydrogens (tertiary/aromatic N) is 1. The Hall–Kier alpha value is -3.40. The average molecular weight is 329 g/mol. The molecule has 1 aliphatic heterocycles. The summed E-state index contributed by atoms with van der Waals surface area (Å²) in [6.07, 6.45) is 0. The van der Waals surface area contributed by atoms with E-state index < -0.39 is 0 Å². The zero-order valence-corrected chi connectivity index (χ0v) is 13.6. The van der Waals surface area contributed by atoms with Gasteiger partial charge in [-0.2, -0.15) is 0 Å². The molecule has 1 heterocycles. The zero-order valence-electron chi connectivity index (χ0n) is 13.6. The molecule has 0 bridgehead atoms. The number of ether oxygens (including phenoxy) is 1. The summed E-state index contributed by atoms with van der Waals surface area (Å²) < 4.78 is 5.80. The number of aryl methyl sites for hydroxylation is 1. The first-order valence-corrected chi connectivity index (χ1v) is 7.96. The molecular weight excluding hydrogens is 314 g/mol. The topological polar surface area (TPSA) is 46.6 Å². The SMILES string of the molecule is Cc1ccc(Oc2ccc3c(c2)C(=O)N(c2ccccc2)C3=O)cc1. The van der Waals surface area contributed by atoms with Crippen molar-refractivity contribution in [3.8, 4) is 11.5 Å². The van der Waals surface area contributed by atoms with E-state index in [4.69, 9.17) is 4.74 Å². The zero-order chi connectivity index (χ0) is 17.4. The number of amides is 2. The van der Waals surface area contributed by atoms with Crippen molar-refractivity contribution in [2.45, 2.75) is 6.92 Å². The Morgan fingerprint density at radius 3 is 2.08 bits per heavy atom. The van der Waals surface area contributed by atoms with Crippen LogP contribution < -0.4 is 9.64 Å². The van der Waals surface area contributed by atoms with Crippen LogP contribution in [0.1, 0.15) is 26.3 Å². The van der Waals surface area contributed by atoms with Gasteiger partial charge in [-0.25, -0.2) is 4.90 Å². The molecule has 2 amide bonds. The van der Waals surface area contributed by atoms with Crippen LogP contribution in [-0.2, 0) is 0 Å². The van der Waals surface area contributed by atoms with E-state index >= 15 is 0 Å². The minimum Gasteiger partial charge on any atom is -0.457 e. The minimum atomic E-state index is -0.333. The summed E-state index contributed by atoms with van der Waals surface area (Å²) in [5, 5.41) is 0. The molecule has 0 radical (unpaired) electrons. The van der Waals surface area contributed by atoms with Gasteiger partial charge in [-0.1, -0.05) is 35.9 Å². The highest BCUT2D eigenvalue weighted by molar-refractivity contribution is 6.34. The maximum Gasteiger partial charge on any atom is 0.266 e. The molecule has 3 aromatic carbocycles. The third kappa shape index (κ3) is 2.68. The van der Waals surface area contributed by atoms with E-state index in [0.717, 1.165) is 5.56 Å². The number of rotatable bonds is 3. The summed E-state index contributed by atoms with van der Waals surface area (Å²) in [7, 11) is 0. The molecule has 0 saturated carbocycles. The standard InChI is InChI=1S/C21H15NO3/c1-14-7-9-16(10-8-14)25-17-11-12-18-19(13-17)21(24)22(20(18)23)15-5-3-2-4-6-15/h2-13H,1H3. The molecule has 0 atom stereocenters. The lowest BCUT2D eigenvalue weighted by molar-refractivity contribution is 0.0926. The van der Waals surface area contributed by atoms with Crippen molar-refractivity contribution in [3.63, 3.8) is 0 Å². The Labute approximate surface area is 145 Å². The summed E-state index contributed by atoms with van der Waals surface area (Å²) in [4.78, 5) is 26.5. The maximum atomic E-state index is 12.7. The normalized spacial score (nSPS) is 13.1. The second-order valence-electron chi connectivity index (χ2n) is 5.90. The van der Waals surface area contributed by atoms with Gasteiger partial charge in [-0.3, -0.25) is 9.59 Å². The Kier molecular flexibility index (Phi) is 3.58. The van der Waals surface area contributed by atoms with E-state index in [1.165, 1.54) is 4.90 Å². The molecule has 0 unspecified atom stereocenters. The van der Waals surface area contributed by atoms with Crippen molar-refractivity contribution in [1.29, 1.82) is 0 Å². The van der Waals surface area contributed by atoms with Crippen LogP contribution in [0.2, 0.25) is 0 Å². The van der Waals surface area contributed by atoms with Gasteiger partial charge < -0.3 is 4.74 Å². The monoisotopic (exact) mass is 329 g/mol. The van der Waals surface area contributed by atoms with Crippen LogP contribution in [0.25, 0.3) is 0 Å². The van der Waals surface area contributed by atoms with E-state index in [2.05, 4.69) is 0 Å². The average Bonchev–Trinajstić information content (AvgIpc) is 2.88. The third-order valence-corrected chi connectivity index (χ3v) is 4.13. The van der Waals surface area contributed by atoms with Gasteiger partial charge in [-0.15, -0.1) is 0 Å². The molecule has 0 aromatic heterocycles. The van der Waals surface area contributed by atoms with Gasteiger partial charge in [0.2, 0.25) is 0 Å². The van der Waals surface area contributed by atoms with Crippen LogP contribution >= 0.6 is 0 Å². The van der Waals surface area contributed by atoms with Crippen LogP contribution in [0.5, 0.6) is 11.5 Å². The molecule has 1 aliphatic rings. The van der Waals surface area contributed by atoms with Crippen molar-refractivity contribution >= 4 is 17.5 Å². The van der Waals surface area contributed by atoms with E-state index in [1.807, 2.05) is 37.3 Å². The lowest BCUT2D eigenvalue weighted by Gasteiger charge is -2.13. The number of hydrogen-bond donors (Lipinski definition) is 0. The fourth-order valence-electron chi connectivity index (χ4n) is 2.84. The lowest BCUT2D eigenvalue weighted by Crippen LogP contribution is -2.29. The second kappa shape index (κ2) is 5.91. The highest BCUT2D eigenvalue weighted by atomic mass is 16.5. The predicted octanol–water partition coefficient (Wildman–Crippen LogP) is 4.59. The van der Waals surface area contributed by atoms with Crippen molar-refractivity contribution in [3.05, 3.63) is 89.5 Å². The van der Waals surface area contributed by atoms with Crippen LogP contribution in [0.4, 0.5) is 5.69 Å². The van der Waals surface area contributed by atoms with E-state index in [1.54, 1.807) is 42.5 Å². The number of benzene rings is 3. The van der Waals surface area contributed by atoms with Gasteiger partial charge in [0.15, 0.2) is 0 Å². The summed E-state index contributed by atoms with van der Waals surface area (Å²) in [6.45, 7) is 2.00. The summed E-state index contributed by atoms with van der Waals surface area (Å²) in [5.41, 5.74) is 2.46. The van der Waals surface area contributed by atoms with Gasteiger partial charge in [0, 0.05) is 0 Å². The molecule has 122 valence electrons. The highest BCUT2D eigenvalue weighted by Gasteiger charge is 2.36. The number of anilines is 1. The molecule has 25 heavy (non-hydrogen) atoms. The van der Waals surface area contributed by atoms with Crippen LogP contribution in [0, 0.1) is 6.92 Å². The molecule has 3 aromatic rings. The van der Waals surface area contributed by atoms with Crippen molar-refractivity contribution in [2.24, 2.45) is 0 Å². The van der Waals surface area contributed by atoms with Crippen LogP contribution in [0.15, 0.2) is 72.8 Å². The maximum absolute atomic E-state index is 12.7. The Balaban J connectivity index is 1.66. The number of hydrogen-bond acceptors (Lipinski definition) is 3. The molecule has 0 fully saturated rings. The first-order valence-electron chi connectivity index (χ1n) is 7.96. The van der Waals surface area contributed by atoms with Gasteiger partial charge in [-0.05, 0) is 49.4 Å². The fraction of sp³-hybridized carbons (Fsp3) is 0.0476. The third-order valence-electron chi connectivity index (χ3n) is 4.13. The van der Waals surface area contributed by atoms with Crippen LogP contribution in [-0.4, -0.2) is 11.8 Å². The Morgan fingerprint density at radius 2 is 1.36 bits per heavy atom. The number of carbonyl (C=O) groups is 2. The number of para-hydroxylation sites is 1. The first kappa shape index (κ1) is 15.1. The quantitative estimate of drug-likeness (QED) is 0.660. The van der Waals surface area contributed by atoms with Crippen molar-refractivity contribution in [1.82, 2.24) is 0 Å². The Bertz CT molecular complexity index is 962. The van der Waals surface area contributed by atoms with E-state index in [0.29, 0.717) is 28.3 Å². The van der Waals surface area contributed by atoms with E-state index in [-0.39, 0.29) is 11.8 Å². The van der Waals surface area contributed by atoms with Gasteiger partial charge in [0.05, 0.1) is 16.8 Å². The molecule has 4 heteroatoms. The summed E-state index contributed by atoms with van der Waals surface area (Å²) >= 11 is 0. The molecule has 4 rings (SSSR count). The fourth-order valence-corrected chi connectivity index (χ4v) is 2.84. The largest absolute Gasteiger partial charge is 0.457 e. The molecule has 0 saturated heterocycles. The lowest BCUT2D eigenvalue weighted by atomic mass is 10.1. The summed E-state index contributed by atoms with van der Waals surface area (Å²) in [5.74, 6) is 0.564. The second-order valence-corrected chi connectivity index (χ2v) is 5.90. The molecule has 0 N–H and O–H groups in total. The smallest absolute Gasteiger partial charge is 0.266 e. The van der Waals surface area contributed by atoms with Crippen molar-refractivity contribution in [2.75, 3.05) is 4.90 Å².